The average molecular weight is 294 g/mol. The Hall–Kier alpha value is 1.75. The minimum atomic E-state index is 0. The zero-order chi connectivity index (χ0) is 7.44. The van der Waals surface area contributed by atoms with Crippen molar-refractivity contribution in [1.82, 2.24) is 0 Å². The molecule has 0 N–H and O–H groups in total. The Morgan fingerprint density at radius 3 is 1.38 bits per heavy atom. The van der Waals surface area contributed by atoms with Crippen LogP contribution in [0, 0.1) is 38.5 Å². The number of hydrogen-bond donors (Lipinski definition) is 0. The van der Waals surface area contributed by atoms with Crippen molar-refractivity contribution >= 4 is 0 Å². The minimum Gasteiger partial charge on any atom is -0.369 e. The van der Waals surface area contributed by atoms with Gasteiger partial charge >= 0.3 is 18.6 Å². The molecule has 0 aliphatic rings. The zero-order valence-electron chi connectivity index (χ0n) is 9.36. The standard InChI is InChI=1S/C9H18.CH3.3V/c1-7(2)6-9(5)8(3)4;;;;/h6-9H,5H2,1-4H3;1H3;;;/q-2;-1;;;+2. The fraction of sp³-hybridized carbons (Fsp3) is 0.700. The maximum absolute atomic E-state index is 4.02. The summed E-state index contributed by atoms with van der Waals surface area (Å²) in [6.45, 7) is 12.8. The van der Waals surface area contributed by atoms with Crippen molar-refractivity contribution in [3.63, 3.8) is 0 Å². The van der Waals surface area contributed by atoms with Crippen LogP contribution in [0.1, 0.15) is 27.7 Å². The van der Waals surface area contributed by atoms with Crippen molar-refractivity contribution in [2.45, 2.75) is 27.7 Å². The van der Waals surface area contributed by atoms with Crippen LogP contribution in [0.25, 0.3) is 0 Å². The molecule has 0 heterocycles. The Morgan fingerprint density at radius 1 is 1.00 bits per heavy atom. The molecule has 0 rings (SSSR count). The summed E-state index contributed by atoms with van der Waals surface area (Å²) in [6.07, 6.45) is 2.30. The van der Waals surface area contributed by atoms with E-state index in [0.717, 1.165) is 0 Å². The van der Waals surface area contributed by atoms with Crippen LogP contribution in [0.5, 0.6) is 0 Å². The van der Waals surface area contributed by atoms with Crippen LogP contribution >= 0.6 is 0 Å². The van der Waals surface area contributed by atoms with Gasteiger partial charge in [-0.2, -0.15) is 5.92 Å². The van der Waals surface area contributed by atoms with E-state index in [2.05, 4.69) is 41.0 Å². The summed E-state index contributed by atoms with van der Waals surface area (Å²) in [5, 5.41) is 0. The summed E-state index contributed by atoms with van der Waals surface area (Å²) < 4.78 is 0. The van der Waals surface area contributed by atoms with E-state index in [1.807, 2.05) is 0 Å². The molecular formula is C10H21V3-. The topological polar surface area (TPSA) is 0 Å². The van der Waals surface area contributed by atoms with E-state index in [4.69, 9.17) is 0 Å². The largest absolute Gasteiger partial charge is 2.00 e. The first-order valence-corrected chi connectivity index (χ1v) is 3.72. The molecule has 0 aromatic heterocycles. The summed E-state index contributed by atoms with van der Waals surface area (Å²) in [6, 6.07) is 0. The molecule has 3 heteroatoms. The second-order valence-electron chi connectivity index (χ2n) is 3.34. The third-order valence-electron chi connectivity index (χ3n) is 1.49. The summed E-state index contributed by atoms with van der Waals surface area (Å²) in [7, 11) is 0. The molecule has 0 amide bonds. The van der Waals surface area contributed by atoms with Gasteiger partial charge in [0.1, 0.15) is 0 Å². The molecule has 0 fully saturated rings. The maximum Gasteiger partial charge on any atom is 2.00 e. The average Bonchev–Trinajstić information content (AvgIpc) is 1.63. The number of hydrogen-bond acceptors (Lipinski definition) is 0. The molecule has 0 aromatic rings. The Morgan fingerprint density at radius 2 is 1.31 bits per heavy atom. The maximum atomic E-state index is 4.02. The van der Waals surface area contributed by atoms with Crippen LogP contribution in [0.2, 0.25) is 0 Å². The first-order chi connectivity index (χ1) is 4.04. The van der Waals surface area contributed by atoms with Gasteiger partial charge in [-0.3, -0.25) is 5.92 Å². The molecule has 0 bridgehead atoms. The molecule has 13 heavy (non-hydrogen) atoms. The van der Waals surface area contributed by atoms with Gasteiger partial charge in [-0.25, -0.2) is 0 Å². The van der Waals surface area contributed by atoms with Crippen LogP contribution in [0.4, 0.5) is 0 Å². The molecule has 1 unspecified atom stereocenters. The fourth-order valence-corrected chi connectivity index (χ4v) is 0.717. The van der Waals surface area contributed by atoms with Crippen molar-refractivity contribution in [3.8, 4) is 0 Å². The summed E-state index contributed by atoms with van der Waals surface area (Å²) in [5.41, 5.74) is 0. The molecule has 3 radical (unpaired) electrons. The molecule has 77 valence electrons. The molecule has 1 atom stereocenters. The van der Waals surface area contributed by atoms with Crippen molar-refractivity contribution in [2.24, 2.45) is 17.8 Å². The van der Waals surface area contributed by atoms with E-state index >= 15 is 0 Å². The first-order valence-electron chi connectivity index (χ1n) is 3.72. The van der Waals surface area contributed by atoms with Gasteiger partial charge in [0.25, 0.3) is 0 Å². The van der Waals surface area contributed by atoms with Crippen molar-refractivity contribution < 1.29 is 55.7 Å². The van der Waals surface area contributed by atoms with E-state index in [1.54, 1.807) is 0 Å². The van der Waals surface area contributed by atoms with Crippen LogP contribution in [0.3, 0.4) is 0 Å². The predicted octanol–water partition coefficient (Wildman–Crippen LogP) is 3.40. The molecular weight excluding hydrogens is 273 g/mol. The molecule has 0 spiro atoms. The Balaban J connectivity index is -0.0000000533. The van der Waals surface area contributed by atoms with Crippen LogP contribution < -0.4 is 0 Å². The van der Waals surface area contributed by atoms with Crippen LogP contribution in [-0.2, 0) is 55.7 Å². The first kappa shape index (κ1) is 29.3. The SMILES string of the molecule is [CH2-]C([CH-]C(C)C)C(C)C.[CH3-].[V+2].[V].[V]. The molecule has 0 nitrogen and oxygen atoms in total. The predicted molar refractivity (Wildman–Crippen MR) is 49.2 cm³/mol. The van der Waals surface area contributed by atoms with E-state index in [1.165, 1.54) is 0 Å². The Kier molecular flexibility index (Phi) is 36.5. The summed E-state index contributed by atoms with van der Waals surface area (Å²) in [5.74, 6) is 1.88. The third kappa shape index (κ3) is 20.0. The van der Waals surface area contributed by atoms with Crippen molar-refractivity contribution in [2.75, 3.05) is 0 Å². The van der Waals surface area contributed by atoms with Crippen LogP contribution in [0.15, 0.2) is 0 Å². The van der Waals surface area contributed by atoms with Gasteiger partial charge in [0.15, 0.2) is 0 Å². The van der Waals surface area contributed by atoms with Gasteiger partial charge in [-0.05, 0) is 0 Å². The number of rotatable bonds is 3. The normalized spacial score (nSPS) is 10.4. The Bertz CT molecular complexity index is 72.6. The summed E-state index contributed by atoms with van der Waals surface area (Å²) in [4.78, 5) is 0. The molecule has 0 saturated carbocycles. The van der Waals surface area contributed by atoms with E-state index in [9.17, 15) is 0 Å². The zero-order valence-corrected chi connectivity index (χ0v) is 13.5. The van der Waals surface area contributed by atoms with Gasteiger partial charge in [0.2, 0.25) is 0 Å². The van der Waals surface area contributed by atoms with Gasteiger partial charge in [0, 0.05) is 37.1 Å². The smallest absolute Gasteiger partial charge is 0.369 e. The minimum absolute atomic E-state index is 0. The van der Waals surface area contributed by atoms with Crippen LogP contribution in [-0.4, -0.2) is 0 Å². The second kappa shape index (κ2) is 16.2. The van der Waals surface area contributed by atoms with E-state index in [0.29, 0.717) is 17.8 Å². The molecule has 0 saturated heterocycles. The van der Waals surface area contributed by atoms with E-state index in [-0.39, 0.29) is 63.1 Å². The monoisotopic (exact) mass is 294 g/mol. The molecule has 0 aliphatic carbocycles. The van der Waals surface area contributed by atoms with Gasteiger partial charge in [-0.1, -0.05) is 33.6 Å². The third-order valence-corrected chi connectivity index (χ3v) is 1.49. The van der Waals surface area contributed by atoms with E-state index < -0.39 is 0 Å². The Labute approximate surface area is 121 Å². The quantitative estimate of drug-likeness (QED) is 0.700. The fourth-order valence-electron chi connectivity index (χ4n) is 0.717. The summed E-state index contributed by atoms with van der Waals surface area (Å²) >= 11 is 0. The second-order valence-corrected chi connectivity index (χ2v) is 3.34. The molecule has 0 aliphatic heterocycles. The van der Waals surface area contributed by atoms with Gasteiger partial charge < -0.3 is 20.8 Å². The van der Waals surface area contributed by atoms with Crippen molar-refractivity contribution in [3.05, 3.63) is 20.8 Å². The van der Waals surface area contributed by atoms with Gasteiger partial charge in [-0.15, -0.1) is 0 Å². The van der Waals surface area contributed by atoms with Gasteiger partial charge in [0.05, 0.1) is 0 Å². The molecule has 0 aromatic carbocycles. The van der Waals surface area contributed by atoms with Crippen molar-refractivity contribution in [1.29, 1.82) is 0 Å².